The minimum Gasteiger partial charge on any atom is -0.379 e. The number of carbonyl (C=O) groups excluding carboxylic acids is 1. The van der Waals surface area contributed by atoms with Crippen molar-refractivity contribution in [3.05, 3.63) is 59.2 Å². The van der Waals surface area contributed by atoms with Gasteiger partial charge in [-0.05, 0) is 50.5 Å². The van der Waals surface area contributed by atoms with E-state index >= 15 is 0 Å². The van der Waals surface area contributed by atoms with Crippen molar-refractivity contribution in [1.82, 2.24) is 25.0 Å². The number of nitrogens with one attached hydrogen (secondary N) is 1. The van der Waals surface area contributed by atoms with Crippen LogP contribution in [0, 0.1) is 5.82 Å². The number of nitrogens with zero attached hydrogens (tertiary/aromatic N) is 4. The maximum atomic E-state index is 13.5. The van der Waals surface area contributed by atoms with E-state index in [1.165, 1.54) is 12.1 Å². The Morgan fingerprint density at radius 2 is 1.94 bits per heavy atom. The third-order valence-electron chi connectivity index (χ3n) is 6.51. The maximum absolute atomic E-state index is 13.5. The number of hydrogen-bond acceptors (Lipinski definition) is 5. The predicted octanol–water partition coefficient (Wildman–Crippen LogP) is 3.83. The van der Waals surface area contributed by atoms with E-state index in [1.54, 1.807) is 18.3 Å². The van der Waals surface area contributed by atoms with E-state index in [2.05, 4.69) is 29.2 Å². The summed E-state index contributed by atoms with van der Waals surface area (Å²) in [4.78, 5) is 20.6. The van der Waals surface area contributed by atoms with Crippen LogP contribution in [-0.2, 0) is 4.74 Å². The van der Waals surface area contributed by atoms with Gasteiger partial charge in [0.2, 0.25) is 0 Å². The first-order valence-electron chi connectivity index (χ1n) is 11.7. The number of carbonyl (C=O) groups is 1. The summed E-state index contributed by atoms with van der Waals surface area (Å²) in [5, 5.41) is 8.42. The number of pyridine rings is 1. The van der Waals surface area contributed by atoms with Gasteiger partial charge in [-0.3, -0.25) is 9.69 Å². The Bertz CT molecular complexity index is 1130. The number of benzene rings is 1. The molecule has 174 valence electrons. The largest absolute Gasteiger partial charge is 0.379 e. The average Bonchev–Trinajstić information content (AvgIpc) is 3.59. The molecule has 2 aromatic heterocycles. The highest BCUT2D eigenvalue weighted by Crippen LogP contribution is 2.40. The molecule has 0 unspecified atom stereocenters. The zero-order chi connectivity index (χ0) is 22.9. The summed E-state index contributed by atoms with van der Waals surface area (Å²) in [6.07, 6.45) is 3.96. The van der Waals surface area contributed by atoms with E-state index in [-0.39, 0.29) is 23.8 Å². The molecule has 2 fully saturated rings. The van der Waals surface area contributed by atoms with Crippen LogP contribution in [0.15, 0.2) is 36.5 Å². The highest BCUT2D eigenvalue weighted by molar-refractivity contribution is 6.05. The van der Waals surface area contributed by atoms with E-state index in [9.17, 15) is 9.18 Å². The van der Waals surface area contributed by atoms with Crippen LogP contribution in [0.4, 0.5) is 4.39 Å². The molecule has 1 N–H and O–H groups in total. The standard InChI is InChI=1S/C25H30FN5O2/c1-16(2)31-24-21(14-28-31)20(13-22(29-24)17-3-4-17)25(32)27-15-23(30-9-11-33-12-10-30)18-5-7-19(26)8-6-18/h5-8,13-14,16-17,23H,3-4,9-12,15H2,1-2H3,(H,27,32)/t23-/m0/s1. The highest BCUT2D eigenvalue weighted by atomic mass is 19.1. The molecule has 2 aliphatic rings. The fourth-order valence-corrected chi connectivity index (χ4v) is 4.51. The third kappa shape index (κ3) is 4.63. The second-order valence-corrected chi connectivity index (χ2v) is 9.21. The van der Waals surface area contributed by atoms with Crippen LogP contribution in [0.1, 0.15) is 66.3 Å². The van der Waals surface area contributed by atoms with Crippen LogP contribution in [0.3, 0.4) is 0 Å². The quantitative estimate of drug-likeness (QED) is 0.591. The van der Waals surface area contributed by atoms with E-state index < -0.39 is 0 Å². The Balaban J connectivity index is 1.42. The van der Waals surface area contributed by atoms with Crippen molar-refractivity contribution < 1.29 is 13.9 Å². The van der Waals surface area contributed by atoms with Crippen LogP contribution in [0.25, 0.3) is 11.0 Å². The lowest BCUT2D eigenvalue weighted by Gasteiger charge is -2.35. The molecule has 0 radical (unpaired) electrons. The smallest absolute Gasteiger partial charge is 0.252 e. The molecular formula is C25H30FN5O2. The van der Waals surface area contributed by atoms with Gasteiger partial charge in [-0.1, -0.05) is 12.1 Å². The number of aromatic nitrogens is 3. The molecule has 1 saturated carbocycles. The molecule has 1 aliphatic heterocycles. The fraction of sp³-hybridized carbons (Fsp3) is 0.480. The normalized spacial score (nSPS) is 18.1. The molecule has 0 bridgehead atoms. The van der Waals surface area contributed by atoms with Crippen LogP contribution >= 0.6 is 0 Å². The minimum absolute atomic E-state index is 0.0583. The maximum Gasteiger partial charge on any atom is 0.252 e. The van der Waals surface area contributed by atoms with E-state index in [4.69, 9.17) is 9.72 Å². The van der Waals surface area contributed by atoms with Gasteiger partial charge in [-0.15, -0.1) is 0 Å². The van der Waals surface area contributed by atoms with Gasteiger partial charge in [-0.2, -0.15) is 5.10 Å². The molecule has 5 rings (SSSR count). The minimum atomic E-state index is -0.266. The molecule has 1 aromatic carbocycles. The van der Waals surface area contributed by atoms with Gasteiger partial charge < -0.3 is 10.1 Å². The van der Waals surface area contributed by atoms with Crippen LogP contribution < -0.4 is 5.32 Å². The van der Waals surface area contributed by atoms with Crippen molar-refractivity contribution in [3.63, 3.8) is 0 Å². The molecule has 0 spiro atoms. The molecule has 33 heavy (non-hydrogen) atoms. The van der Waals surface area contributed by atoms with Gasteiger partial charge >= 0.3 is 0 Å². The number of morpholine rings is 1. The molecule has 7 nitrogen and oxygen atoms in total. The molecular weight excluding hydrogens is 421 g/mol. The molecule has 1 aliphatic carbocycles. The van der Waals surface area contributed by atoms with E-state index in [0.29, 0.717) is 31.2 Å². The lowest BCUT2D eigenvalue weighted by molar-refractivity contribution is 0.0162. The lowest BCUT2D eigenvalue weighted by atomic mass is 10.0. The van der Waals surface area contributed by atoms with Crippen molar-refractivity contribution >= 4 is 16.9 Å². The van der Waals surface area contributed by atoms with Crippen LogP contribution in [0.5, 0.6) is 0 Å². The third-order valence-corrected chi connectivity index (χ3v) is 6.51. The Hall–Kier alpha value is -2.84. The van der Waals surface area contributed by atoms with E-state index in [0.717, 1.165) is 48.2 Å². The number of fused-ring (bicyclic) bond motifs is 1. The van der Waals surface area contributed by atoms with Gasteiger partial charge in [0, 0.05) is 37.3 Å². The Labute approximate surface area is 192 Å². The van der Waals surface area contributed by atoms with Crippen molar-refractivity contribution in [2.45, 2.75) is 44.7 Å². The molecule has 1 amide bonds. The number of rotatable bonds is 7. The Morgan fingerprint density at radius 3 is 2.61 bits per heavy atom. The number of ether oxygens (including phenoxy) is 1. The summed E-state index contributed by atoms with van der Waals surface area (Å²) < 4.78 is 20.9. The Kier molecular flexibility index (Phi) is 6.12. The van der Waals surface area contributed by atoms with E-state index in [1.807, 2.05) is 10.7 Å². The van der Waals surface area contributed by atoms with Gasteiger partial charge in [0.05, 0.1) is 36.4 Å². The SMILES string of the molecule is CC(C)n1ncc2c(C(=O)NC[C@@H](c3ccc(F)cc3)N3CCOCC3)cc(C3CC3)nc21. The average molecular weight is 452 g/mol. The van der Waals surface area contributed by atoms with Crippen molar-refractivity contribution in [2.24, 2.45) is 0 Å². The Morgan fingerprint density at radius 1 is 1.21 bits per heavy atom. The molecule has 1 atom stereocenters. The zero-order valence-corrected chi connectivity index (χ0v) is 19.1. The summed E-state index contributed by atoms with van der Waals surface area (Å²) in [7, 11) is 0. The topological polar surface area (TPSA) is 72.3 Å². The monoisotopic (exact) mass is 451 g/mol. The van der Waals surface area contributed by atoms with Crippen LogP contribution in [0.2, 0.25) is 0 Å². The van der Waals surface area contributed by atoms with Gasteiger partial charge in [-0.25, -0.2) is 14.1 Å². The number of amides is 1. The summed E-state index contributed by atoms with van der Waals surface area (Å²) in [6, 6.07) is 8.57. The van der Waals surface area contributed by atoms with Crippen LogP contribution in [-0.4, -0.2) is 58.4 Å². The molecule has 3 heterocycles. The van der Waals surface area contributed by atoms with Crippen molar-refractivity contribution in [1.29, 1.82) is 0 Å². The second-order valence-electron chi connectivity index (χ2n) is 9.21. The predicted molar refractivity (Wildman–Crippen MR) is 124 cm³/mol. The van der Waals surface area contributed by atoms with Gasteiger partial charge in [0.1, 0.15) is 5.82 Å². The number of hydrogen-bond donors (Lipinski definition) is 1. The van der Waals surface area contributed by atoms with Gasteiger partial charge in [0.15, 0.2) is 5.65 Å². The summed E-state index contributed by atoms with van der Waals surface area (Å²) in [6.45, 7) is 7.38. The van der Waals surface area contributed by atoms with Crippen molar-refractivity contribution in [2.75, 3.05) is 32.8 Å². The summed E-state index contributed by atoms with van der Waals surface area (Å²) in [5.74, 6) is 0.0298. The molecule has 3 aromatic rings. The molecule has 1 saturated heterocycles. The fourth-order valence-electron chi connectivity index (χ4n) is 4.51. The highest BCUT2D eigenvalue weighted by Gasteiger charge is 2.29. The zero-order valence-electron chi connectivity index (χ0n) is 19.1. The lowest BCUT2D eigenvalue weighted by Crippen LogP contribution is -2.43. The first-order chi connectivity index (χ1) is 16.0. The summed E-state index contributed by atoms with van der Waals surface area (Å²) in [5.41, 5.74) is 3.33. The molecule has 8 heteroatoms. The first-order valence-corrected chi connectivity index (χ1v) is 11.7. The number of halogens is 1. The van der Waals surface area contributed by atoms with Gasteiger partial charge in [0.25, 0.3) is 5.91 Å². The van der Waals surface area contributed by atoms with Crippen molar-refractivity contribution in [3.8, 4) is 0 Å². The summed E-state index contributed by atoms with van der Waals surface area (Å²) >= 11 is 0. The first kappa shape index (κ1) is 22.0. The second kappa shape index (κ2) is 9.19.